The largest absolute Gasteiger partial charge is 0.381 e. The quantitative estimate of drug-likeness (QED) is 0.806. The average molecular weight is 330 g/mol. The number of nitrogens with one attached hydrogen (secondary N) is 1. The Morgan fingerprint density at radius 3 is 2.89 bits per heavy atom. The second-order valence-electron chi connectivity index (χ2n) is 5.43. The van der Waals surface area contributed by atoms with Crippen LogP contribution >= 0.6 is 15.9 Å². The summed E-state index contributed by atoms with van der Waals surface area (Å²) in [7, 11) is 0. The summed E-state index contributed by atoms with van der Waals surface area (Å²) in [6.45, 7) is 5.69. The molecule has 0 bridgehead atoms. The fraction of sp³-hybridized carbons (Fsp3) is 0.600. The van der Waals surface area contributed by atoms with Gasteiger partial charge >= 0.3 is 0 Å². The van der Waals surface area contributed by atoms with Gasteiger partial charge in [0.25, 0.3) is 0 Å². The van der Waals surface area contributed by atoms with Gasteiger partial charge in [0.1, 0.15) is 5.82 Å². The van der Waals surface area contributed by atoms with Crippen LogP contribution in [0, 0.1) is 11.2 Å². The predicted molar refractivity (Wildman–Crippen MR) is 78.8 cm³/mol. The molecule has 106 valence electrons. The average Bonchev–Trinajstić information content (AvgIpc) is 2.77. The first-order valence-electron chi connectivity index (χ1n) is 6.87. The van der Waals surface area contributed by atoms with E-state index in [9.17, 15) is 4.39 Å². The number of hydrogen-bond acceptors (Lipinski definition) is 2. The zero-order valence-electron chi connectivity index (χ0n) is 11.3. The summed E-state index contributed by atoms with van der Waals surface area (Å²) < 4.78 is 19.8. The molecule has 1 saturated heterocycles. The zero-order valence-corrected chi connectivity index (χ0v) is 12.9. The van der Waals surface area contributed by atoms with Crippen LogP contribution in [0.2, 0.25) is 0 Å². The highest BCUT2D eigenvalue weighted by Gasteiger charge is 2.34. The monoisotopic (exact) mass is 329 g/mol. The SMILES string of the molecule is CCCNCC1(Cc2cc(F)cc(Br)c2)CCOC1. The van der Waals surface area contributed by atoms with Crippen molar-refractivity contribution in [2.75, 3.05) is 26.3 Å². The lowest BCUT2D eigenvalue weighted by atomic mass is 9.81. The predicted octanol–water partition coefficient (Wildman–Crippen LogP) is 3.54. The van der Waals surface area contributed by atoms with E-state index in [0.29, 0.717) is 0 Å². The highest BCUT2D eigenvalue weighted by Crippen LogP contribution is 2.33. The Labute approximate surface area is 122 Å². The molecule has 1 aromatic carbocycles. The van der Waals surface area contributed by atoms with Gasteiger partial charge in [0.05, 0.1) is 6.61 Å². The van der Waals surface area contributed by atoms with Crippen LogP contribution in [0.3, 0.4) is 0 Å². The van der Waals surface area contributed by atoms with Crippen LogP contribution < -0.4 is 5.32 Å². The molecule has 1 atom stereocenters. The Bertz CT molecular complexity index is 398. The van der Waals surface area contributed by atoms with E-state index in [0.717, 1.165) is 55.6 Å². The van der Waals surface area contributed by atoms with Gasteiger partial charge < -0.3 is 10.1 Å². The summed E-state index contributed by atoms with van der Waals surface area (Å²) in [5.74, 6) is -0.181. The maximum absolute atomic E-state index is 13.5. The van der Waals surface area contributed by atoms with Gasteiger partial charge in [0.2, 0.25) is 0 Å². The molecule has 1 unspecified atom stereocenters. The van der Waals surface area contributed by atoms with E-state index in [1.165, 1.54) is 6.07 Å². The van der Waals surface area contributed by atoms with E-state index in [1.54, 1.807) is 6.07 Å². The van der Waals surface area contributed by atoms with Crippen molar-refractivity contribution in [3.8, 4) is 0 Å². The number of benzene rings is 1. The van der Waals surface area contributed by atoms with Crippen molar-refractivity contribution in [1.82, 2.24) is 5.32 Å². The second-order valence-corrected chi connectivity index (χ2v) is 6.35. The molecular formula is C15H21BrFNO. The summed E-state index contributed by atoms with van der Waals surface area (Å²) in [5, 5.41) is 3.48. The highest BCUT2D eigenvalue weighted by atomic mass is 79.9. The molecule has 2 nitrogen and oxygen atoms in total. The van der Waals surface area contributed by atoms with E-state index in [4.69, 9.17) is 4.74 Å². The topological polar surface area (TPSA) is 21.3 Å². The summed E-state index contributed by atoms with van der Waals surface area (Å²) in [4.78, 5) is 0. The fourth-order valence-electron chi connectivity index (χ4n) is 2.67. The molecule has 0 spiro atoms. The third kappa shape index (κ3) is 4.26. The maximum atomic E-state index is 13.5. The van der Waals surface area contributed by atoms with E-state index < -0.39 is 0 Å². The Morgan fingerprint density at radius 1 is 1.42 bits per heavy atom. The van der Waals surface area contributed by atoms with Gasteiger partial charge in [0.15, 0.2) is 0 Å². The minimum absolute atomic E-state index is 0.113. The fourth-order valence-corrected chi connectivity index (χ4v) is 3.18. The first kappa shape index (κ1) is 14.9. The lowest BCUT2D eigenvalue weighted by Crippen LogP contribution is -2.37. The maximum Gasteiger partial charge on any atom is 0.124 e. The molecule has 2 rings (SSSR count). The molecule has 1 aliphatic rings. The molecule has 19 heavy (non-hydrogen) atoms. The van der Waals surface area contributed by atoms with Crippen LogP contribution in [-0.4, -0.2) is 26.3 Å². The van der Waals surface area contributed by atoms with E-state index >= 15 is 0 Å². The van der Waals surface area contributed by atoms with Crippen LogP contribution in [0.5, 0.6) is 0 Å². The molecule has 1 heterocycles. The number of halogens is 2. The molecule has 0 saturated carbocycles. The Hall–Kier alpha value is -0.450. The van der Waals surface area contributed by atoms with Crippen molar-refractivity contribution >= 4 is 15.9 Å². The van der Waals surface area contributed by atoms with E-state index in [2.05, 4.69) is 28.2 Å². The molecule has 1 fully saturated rings. The zero-order chi connectivity index (χ0) is 13.7. The molecule has 4 heteroatoms. The molecule has 0 radical (unpaired) electrons. The normalized spacial score (nSPS) is 22.9. The van der Waals surface area contributed by atoms with Crippen molar-refractivity contribution in [3.05, 3.63) is 34.1 Å². The van der Waals surface area contributed by atoms with Crippen LogP contribution in [-0.2, 0) is 11.2 Å². The van der Waals surface area contributed by atoms with Crippen molar-refractivity contribution in [1.29, 1.82) is 0 Å². The van der Waals surface area contributed by atoms with Crippen molar-refractivity contribution < 1.29 is 9.13 Å². The van der Waals surface area contributed by atoms with Crippen LogP contribution in [0.1, 0.15) is 25.3 Å². The summed E-state index contributed by atoms with van der Waals surface area (Å²) >= 11 is 3.36. The Morgan fingerprint density at radius 2 is 2.26 bits per heavy atom. The van der Waals surface area contributed by atoms with Gasteiger partial charge in [-0.1, -0.05) is 22.9 Å². The summed E-state index contributed by atoms with van der Waals surface area (Å²) in [5.41, 5.74) is 1.15. The van der Waals surface area contributed by atoms with Crippen LogP contribution in [0.15, 0.2) is 22.7 Å². The smallest absolute Gasteiger partial charge is 0.124 e. The lowest BCUT2D eigenvalue weighted by Gasteiger charge is -2.28. The third-order valence-corrected chi connectivity index (χ3v) is 4.07. The second kappa shape index (κ2) is 6.82. The van der Waals surface area contributed by atoms with E-state index in [-0.39, 0.29) is 11.2 Å². The number of hydrogen-bond donors (Lipinski definition) is 1. The first-order chi connectivity index (χ1) is 9.13. The summed E-state index contributed by atoms with van der Waals surface area (Å²) in [6, 6.07) is 5.13. The molecule has 0 aromatic heterocycles. The van der Waals surface area contributed by atoms with Crippen molar-refractivity contribution in [3.63, 3.8) is 0 Å². The van der Waals surface area contributed by atoms with Crippen LogP contribution in [0.4, 0.5) is 4.39 Å². The third-order valence-electron chi connectivity index (χ3n) is 3.61. The Kier molecular flexibility index (Phi) is 5.37. The molecule has 1 aliphatic heterocycles. The van der Waals surface area contributed by atoms with Gasteiger partial charge in [-0.05, 0) is 49.6 Å². The van der Waals surface area contributed by atoms with Gasteiger partial charge in [0, 0.05) is 23.0 Å². The van der Waals surface area contributed by atoms with Crippen molar-refractivity contribution in [2.24, 2.45) is 5.41 Å². The Balaban J connectivity index is 2.07. The van der Waals surface area contributed by atoms with Crippen molar-refractivity contribution in [2.45, 2.75) is 26.2 Å². The van der Waals surface area contributed by atoms with Gasteiger partial charge in [-0.2, -0.15) is 0 Å². The first-order valence-corrected chi connectivity index (χ1v) is 7.66. The number of ether oxygens (including phenoxy) is 1. The molecule has 1 N–H and O–H groups in total. The minimum Gasteiger partial charge on any atom is -0.381 e. The minimum atomic E-state index is -0.181. The van der Waals surface area contributed by atoms with Gasteiger partial charge in [-0.25, -0.2) is 4.39 Å². The highest BCUT2D eigenvalue weighted by molar-refractivity contribution is 9.10. The van der Waals surface area contributed by atoms with Crippen LogP contribution in [0.25, 0.3) is 0 Å². The van der Waals surface area contributed by atoms with Gasteiger partial charge in [-0.3, -0.25) is 0 Å². The molecular weight excluding hydrogens is 309 g/mol. The standard InChI is InChI=1S/C15H21BrFNO/c1-2-4-18-10-15(3-5-19-11-15)9-12-6-13(16)8-14(17)7-12/h6-8,18H,2-5,9-11H2,1H3. The lowest BCUT2D eigenvalue weighted by molar-refractivity contribution is 0.149. The van der Waals surface area contributed by atoms with E-state index in [1.807, 2.05) is 6.07 Å². The number of rotatable bonds is 6. The molecule has 0 aliphatic carbocycles. The summed E-state index contributed by atoms with van der Waals surface area (Å²) in [6.07, 6.45) is 3.03. The molecule has 0 amide bonds. The molecule has 1 aromatic rings. The van der Waals surface area contributed by atoms with Gasteiger partial charge in [-0.15, -0.1) is 0 Å².